The molecule has 0 radical (unpaired) electrons. The Bertz CT molecular complexity index is 1650. The molecule has 218 valence electrons. The monoisotopic (exact) mass is 585 g/mol. The minimum absolute atomic E-state index is 0.0620. The van der Waals surface area contributed by atoms with Crippen LogP contribution in [0.1, 0.15) is 58.4 Å². The van der Waals surface area contributed by atoms with Crippen molar-refractivity contribution in [3.05, 3.63) is 58.4 Å². The number of nitrogens with zero attached hydrogens (tertiary/aromatic N) is 3. The fourth-order valence-corrected chi connectivity index (χ4v) is 6.12. The highest BCUT2D eigenvalue weighted by molar-refractivity contribution is 7.93. The first kappa shape index (κ1) is 29.8. The first-order valence-electron chi connectivity index (χ1n) is 13.3. The predicted octanol–water partition coefficient (Wildman–Crippen LogP) is 4.80. The fraction of sp³-hybridized carbons (Fsp3) is 0.429. The van der Waals surface area contributed by atoms with E-state index in [1.807, 2.05) is 6.07 Å². The van der Waals surface area contributed by atoms with Gasteiger partial charge in [0.25, 0.3) is 5.56 Å². The number of carbonyl (C=O) groups is 1. The zero-order valence-electron chi connectivity index (χ0n) is 23.1. The van der Waals surface area contributed by atoms with Gasteiger partial charge in [-0.3, -0.25) is 14.1 Å². The van der Waals surface area contributed by atoms with Crippen molar-refractivity contribution in [2.24, 2.45) is 0 Å². The highest BCUT2D eigenvalue weighted by Crippen LogP contribution is 2.35. The van der Waals surface area contributed by atoms with E-state index in [4.69, 9.17) is 9.47 Å². The molecule has 1 amide bonds. The van der Waals surface area contributed by atoms with Crippen molar-refractivity contribution in [2.45, 2.75) is 70.3 Å². The van der Waals surface area contributed by atoms with Gasteiger partial charge in [-0.25, -0.2) is 22.6 Å². The lowest BCUT2D eigenvalue weighted by Crippen LogP contribution is -2.33. The van der Waals surface area contributed by atoms with Crippen molar-refractivity contribution in [1.29, 1.82) is 5.26 Å². The Morgan fingerprint density at radius 3 is 2.63 bits per heavy atom. The number of benzene rings is 2. The van der Waals surface area contributed by atoms with Gasteiger partial charge in [-0.2, -0.15) is 5.26 Å². The Morgan fingerprint density at radius 1 is 1.22 bits per heavy atom. The molecule has 4 rings (SSSR count). The third kappa shape index (κ3) is 7.32. The highest BCUT2D eigenvalue weighted by Gasteiger charge is 2.30. The first-order valence-corrected chi connectivity index (χ1v) is 14.8. The molecule has 41 heavy (non-hydrogen) atoms. The van der Waals surface area contributed by atoms with Crippen LogP contribution in [-0.4, -0.2) is 41.5 Å². The van der Waals surface area contributed by atoms with E-state index in [1.165, 1.54) is 35.2 Å². The maximum absolute atomic E-state index is 14.8. The number of fused-ring (bicyclic) bond motifs is 1. The lowest BCUT2D eigenvalue weighted by molar-refractivity contribution is 0.0526. The molecule has 0 unspecified atom stereocenters. The zero-order chi connectivity index (χ0) is 29.8. The Kier molecular flexibility index (Phi) is 8.82. The standard InChI is InChI=1S/C28H32FN5O6S/c1-28(2,3)40-27(36)31-13-6-14-34-17-32-23-11-9-18(15-20(23)26(34)35)39-25-21(16-30)24(12-10-22(25)29)33-41(37,38)19-7-4-5-8-19/h9-12,15,17,19,33H,4-8,13-14H2,1-3H3,(H,31,36). The number of sulfonamides is 1. The molecule has 2 N–H and O–H groups in total. The number of hydrogen-bond acceptors (Lipinski definition) is 8. The normalized spacial score (nSPS) is 14.0. The van der Waals surface area contributed by atoms with Crippen LogP contribution in [0.15, 0.2) is 41.5 Å². The number of amides is 1. The first-order chi connectivity index (χ1) is 19.4. The van der Waals surface area contributed by atoms with Gasteiger partial charge >= 0.3 is 6.09 Å². The number of nitriles is 1. The van der Waals surface area contributed by atoms with E-state index in [0.29, 0.717) is 24.8 Å². The Labute approximate surface area is 237 Å². The van der Waals surface area contributed by atoms with Gasteiger partial charge in [0.05, 0.1) is 28.2 Å². The van der Waals surface area contributed by atoms with Gasteiger partial charge in [-0.1, -0.05) is 12.8 Å². The Morgan fingerprint density at radius 2 is 1.95 bits per heavy atom. The molecule has 1 aliphatic rings. The SMILES string of the molecule is CC(C)(C)OC(=O)NCCCn1cnc2ccc(Oc3c(F)ccc(NS(=O)(=O)C4CCCC4)c3C#N)cc2c1=O. The van der Waals surface area contributed by atoms with Gasteiger partial charge in [-0.05, 0) is 70.4 Å². The molecule has 3 aromatic rings. The molecule has 0 spiro atoms. The van der Waals surface area contributed by atoms with Crippen LogP contribution in [0.3, 0.4) is 0 Å². The summed E-state index contributed by atoms with van der Waals surface area (Å²) >= 11 is 0. The summed E-state index contributed by atoms with van der Waals surface area (Å²) in [5, 5.41) is 12.0. The summed E-state index contributed by atoms with van der Waals surface area (Å²) < 4.78 is 55.1. The van der Waals surface area contributed by atoms with Crippen LogP contribution in [-0.2, 0) is 21.3 Å². The molecule has 0 aliphatic heterocycles. The fourth-order valence-electron chi connectivity index (χ4n) is 4.52. The van der Waals surface area contributed by atoms with Crippen LogP contribution in [0.4, 0.5) is 14.9 Å². The van der Waals surface area contributed by atoms with Gasteiger partial charge in [0, 0.05) is 13.1 Å². The second-order valence-corrected chi connectivity index (χ2v) is 12.7. The van der Waals surface area contributed by atoms with Gasteiger partial charge in [-0.15, -0.1) is 0 Å². The van der Waals surface area contributed by atoms with E-state index >= 15 is 0 Å². The number of aromatic nitrogens is 2. The quantitative estimate of drug-likeness (QED) is 0.340. The third-order valence-corrected chi connectivity index (χ3v) is 8.33. The van der Waals surface area contributed by atoms with Crippen LogP contribution >= 0.6 is 0 Å². The maximum atomic E-state index is 14.8. The number of aryl methyl sites for hydroxylation is 1. The van der Waals surface area contributed by atoms with Crippen LogP contribution in [0.5, 0.6) is 11.5 Å². The van der Waals surface area contributed by atoms with Crippen LogP contribution < -0.4 is 20.3 Å². The third-order valence-electron chi connectivity index (χ3n) is 6.47. The molecule has 1 saturated carbocycles. The summed E-state index contributed by atoms with van der Waals surface area (Å²) in [6, 6.07) is 8.42. The molecule has 0 saturated heterocycles. The number of carbonyl (C=O) groups excluding carboxylic acids is 1. The van der Waals surface area contributed by atoms with Crippen molar-refractivity contribution in [2.75, 3.05) is 11.3 Å². The van der Waals surface area contributed by atoms with Crippen LogP contribution in [0.25, 0.3) is 10.9 Å². The van der Waals surface area contributed by atoms with Gasteiger partial charge in [0.15, 0.2) is 11.6 Å². The molecular weight excluding hydrogens is 553 g/mol. The van der Waals surface area contributed by atoms with Crippen molar-refractivity contribution in [1.82, 2.24) is 14.9 Å². The molecule has 13 heteroatoms. The summed E-state index contributed by atoms with van der Waals surface area (Å²) in [4.78, 5) is 29.2. The molecule has 11 nitrogen and oxygen atoms in total. The second kappa shape index (κ2) is 12.1. The van der Waals surface area contributed by atoms with E-state index < -0.39 is 38.5 Å². The summed E-state index contributed by atoms with van der Waals surface area (Å²) in [7, 11) is -3.77. The van der Waals surface area contributed by atoms with E-state index in [9.17, 15) is 27.7 Å². The average molecular weight is 586 g/mol. The summed E-state index contributed by atoms with van der Waals surface area (Å²) in [6.07, 6.45) is 3.92. The maximum Gasteiger partial charge on any atom is 0.407 e. The molecule has 0 bridgehead atoms. The molecular formula is C28H32FN5O6S. The lowest BCUT2D eigenvalue weighted by Gasteiger charge is -2.19. The van der Waals surface area contributed by atoms with Gasteiger partial charge < -0.3 is 14.8 Å². The van der Waals surface area contributed by atoms with Crippen molar-refractivity contribution in [3.8, 4) is 17.6 Å². The smallest absolute Gasteiger partial charge is 0.407 e. The summed E-state index contributed by atoms with van der Waals surface area (Å²) in [6.45, 7) is 5.82. The second-order valence-electron chi connectivity index (χ2n) is 10.8. The Hall–Kier alpha value is -4.18. The molecule has 1 aliphatic carbocycles. The minimum atomic E-state index is -3.77. The summed E-state index contributed by atoms with van der Waals surface area (Å²) in [5.41, 5.74) is -1.01. The van der Waals surface area contributed by atoms with Crippen molar-refractivity contribution in [3.63, 3.8) is 0 Å². The van der Waals surface area contributed by atoms with E-state index in [2.05, 4.69) is 15.0 Å². The molecule has 1 heterocycles. The number of ether oxygens (including phenoxy) is 2. The number of rotatable bonds is 9. The van der Waals surface area contributed by atoms with Crippen LogP contribution in [0.2, 0.25) is 0 Å². The van der Waals surface area contributed by atoms with E-state index in [1.54, 1.807) is 20.8 Å². The van der Waals surface area contributed by atoms with Gasteiger partial charge in [0.1, 0.15) is 23.0 Å². The number of hydrogen-bond donors (Lipinski definition) is 2. The van der Waals surface area contributed by atoms with E-state index in [-0.39, 0.29) is 41.0 Å². The molecule has 1 aromatic heterocycles. The minimum Gasteiger partial charge on any atom is -0.453 e. The van der Waals surface area contributed by atoms with Crippen molar-refractivity contribution >= 4 is 32.7 Å². The van der Waals surface area contributed by atoms with E-state index in [0.717, 1.165) is 18.9 Å². The van der Waals surface area contributed by atoms with Crippen LogP contribution in [0, 0.1) is 17.1 Å². The van der Waals surface area contributed by atoms with Crippen molar-refractivity contribution < 1.29 is 27.1 Å². The largest absolute Gasteiger partial charge is 0.453 e. The predicted molar refractivity (Wildman–Crippen MR) is 151 cm³/mol. The number of halogens is 1. The zero-order valence-corrected chi connectivity index (χ0v) is 23.9. The number of nitrogens with one attached hydrogen (secondary N) is 2. The average Bonchev–Trinajstić information content (AvgIpc) is 3.45. The highest BCUT2D eigenvalue weighted by atomic mass is 32.2. The molecule has 0 atom stereocenters. The number of anilines is 1. The Balaban J connectivity index is 1.53. The number of alkyl carbamates (subject to hydrolysis) is 1. The summed E-state index contributed by atoms with van der Waals surface area (Å²) in [5.74, 6) is -1.27. The lowest BCUT2D eigenvalue weighted by atomic mass is 10.1. The topological polar surface area (TPSA) is 152 Å². The molecule has 2 aromatic carbocycles. The van der Waals surface area contributed by atoms with Gasteiger partial charge in [0.2, 0.25) is 10.0 Å². The molecule has 1 fully saturated rings.